The van der Waals surface area contributed by atoms with Crippen molar-refractivity contribution in [3.63, 3.8) is 0 Å². The number of halogens is 2. The van der Waals surface area contributed by atoms with Gasteiger partial charge < -0.3 is 10.6 Å². The van der Waals surface area contributed by atoms with Crippen LogP contribution in [0.15, 0.2) is 54.7 Å². The van der Waals surface area contributed by atoms with Crippen molar-refractivity contribution in [2.75, 3.05) is 0 Å². The number of carbonyl (C=O) groups excluding carboxylic acids is 2. The van der Waals surface area contributed by atoms with Crippen molar-refractivity contribution in [2.24, 2.45) is 5.73 Å². The number of carbonyl (C=O) groups is 2. The summed E-state index contributed by atoms with van der Waals surface area (Å²) >= 11 is 6.11. The van der Waals surface area contributed by atoms with E-state index in [0.717, 1.165) is 0 Å². The molecule has 6 nitrogen and oxygen atoms in total. The second kappa shape index (κ2) is 8.77. The standard InChI is InChI=1S/C24H18ClFN4O2/c25-17-10-19-18(20(26)11-17)6-7-21(19)30(13-16-5-2-8-29-22(16)23(28)31)24(32)15-4-1-3-14(9-15)12-27/h1-5,8-11,21H,6-7,13H2,(H2,28,31)/t21-/m1/s1. The molecule has 1 aromatic heterocycles. The quantitative estimate of drug-likeness (QED) is 0.632. The zero-order chi connectivity index (χ0) is 22.8. The van der Waals surface area contributed by atoms with Gasteiger partial charge in [-0.1, -0.05) is 23.7 Å². The summed E-state index contributed by atoms with van der Waals surface area (Å²) in [6, 6.07) is 14.2. The maximum Gasteiger partial charge on any atom is 0.267 e. The predicted molar refractivity (Wildman–Crippen MR) is 116 cm³/mol. The van der Waals surface area contributed by atoms with Crippen molar-refractivity contribution in [3.8, 4) is 6.07 Å². The van der Waals surface area contributed by atoms with E-state index in [4.69, 9.17) is 17.3 Å². The highest BCUT2D eigenvalue weighted by Gasteiger charge is 2.34. The van der Waals surface area contributed by atoms with Crippen LogP contribution >= 0.6 is 11.6 Å². The van der Waals surface area contributed by atoms with Crippen LogP contribution in [0.3, 0.4) is 0 Å². The minimum Gasteiger partial charge on any atom is -0.364 e. The molecule has 0 unspecified atom stereocenters. The average Bonchev–Trinajstić information content (AvgIpc) is 3.21. The third-order valence-corrected chi connectivity index (χ3v) is 5.78. The van der Waals surface area contributed by atoms with Crippen molar-refractivity contribution in [1.82, 2.24) is 9.88 Å². The number of pyridine rings is 1. The second-order valence-electron chi connectivity index (χ2n) is 7.51. The smallest absolute Gasteiger partial charge is 0.267 e. The molecule has 160 valence electrons. The van der Waals surface area contributed by atoms with E-state index < -0.39 is 17.8 Å². The zero-order valence-corrected chi connectivity index (χ0v) is 17.6. The van der Waals surface area contributed by atoms with Crippen molar-refractivity contribution in [1.29, 1.82) is 5.26 Å². The van der Waals surface area contributed by atoms with Crippen LogP contribution in [0.2, 0.25) is 5.02 Å². The summed E-state index contributed by atoms with van der Waals surface area (Å²) in [5, 5.41) is 9.47. The van der Waals surface area contributed by atoms with Crippen molar-refractivity contribution in [2.45, 2.75) is 25.4 Å². The van der Waals surface area contributed by atoms with Gasteiger partial charge in [-0.2, -0.15) is 5.26 Å². The van der Waals surface area contributed by atoms with Gasteiger partial charge in [0.25, 0.3) is 11.8 Å². The highest BCUT2D eigenvalue weighted by Crippen LogP contribution is 2.40. The van der Waals surface area contributed by atoms with E-state index in [-0.39, 0.29) is 23.2 Å². The Morgan fingerprint density at radius 3 is 2.81 bits per heavy atom. The number of fused-ring (bicyclic) bond motifs is 1. The number of hydrogen-bond acceptors (Lipinski definition) is 4. The van der Waals surface area contributed by atoms with Crippen LogP contribution in [0, 0.1) is 17.1 Å². The number of nitriles is 1. The number of primary amides is 1. The fourth-order valence-electron chi connectivity index (χ4n) is 4.13. The molecule has 0 bridgehead atoms. The molecule has 2 N–H and O–H groups in total. The summed E-state index contributed by atoms with van der Waals surface area (Å²) in [4.78, 5) is 31.1. The molecular formula is C24H18ClFN4O2. The number of rotatable bonds is 5. The molecule has 0 radical (unpaired) electrons. The van der Waals surface area contributed by atoms with E-state index in [1.54, 1.807) is 41.3 Å². The molecule has 0 spiro atoms. The summed E-state index contributed by atoms with van der Waals surface area (Å²) in [5.41, 5.74) is 7.81. The molecule has 32 heavy (non-hydrogen) atoms. The number of nitrogens with zero attached hydrogens (tertiary/aromatic N) is 3. The highest BCUT2D eigenvalue weighted by molar-refractivity contribution is 6.30. The molecule has 1 heterocycles. The Kier molecular flexibility index (Phi) is 5.89. The third kappa shape index (κ3) is 4.05. The second-order valence-corrected chi connectivity index (χ2v) is 7.95. The van der Waals surface area contributed by atoms with Gasteiger partial charge in [0.1, 0.15) is 11.5 Å². The van der Waals surface area contributed by atoms with Crippen LogP contribution in [0.1, 0.15) is 55.6 Å². The Labute approximate surface area is 189 Å². The first-order valence-corrected chi connectivity index (χ1v) is 10.3. The summed E-state index contributed by atoms with van der Waals surface area (Å²) in [7, 11) is 0. The van der Waals surface area contributed by atoms with E-state index in [1.165, 1.54) is 18.3 Å². The molecule has 1 aliphatic rings. The normalized spacial score (nSPS) is 14.5. The van der Waals surface area contributed by atoms with Crippen LogP contribution in [-0.4, -0.2) is 21.7 Å². The van der Waals surface area contributed by atoms with Gasteiger partial charge in [0, 0.05) is 28.9 Å². The maximum absolute atomic E-state index is 14.5. The minimum atomic E-state index is -0.708. The molecule has 1 aliphatic carbocycles. The van der Waals surface area contributed by atoms with Crippen LogP contribution in [0.25, 0.3) is 0 Å². The SMILES string of the molecule is N#Cc1cccc(C(=O)N(Cc2cccnc2C(N)=O)[C@@H]2CCc3c(F)cc(Cl)cc32)c1. The molecule has 2 aromatic carbocycles. The van der Waals surface area contributed by atoms with E-state index in [1.807, 2.05) is 6.07 Å². The van der Waals surface area contributed by atoms with Gasteiger partial charge in [0.05, 0.1) is 17.7 Å². The van der Waals surface area contributed by atoms with E-state index in [9.17, 15) is 19.2 Å². The Morgan fingerprint density at radius 2 is 2.06 bits per heavy atom. The Hall–Kier alpha value is -3.76. The topological polar surface area (TPSA) is 100 Å². The molecule has 4 rings (SSSR count). The Bertz CT molecular complexity index is 1270. The van der Waals surface area contributed by atoms with Gasteiger partial charge in [-0.15, -0.1) is 0 Å². The lowest BCUT2D eigenvalue weighted by atomic mass is 10.0. The number of nitrogens with two attached hydrogens (primary N) is 1. The molecule has 0 saturated carbocycles. The number of benzene rings is 2. The van der Waals surface area contributed by atoms with E-state index in [0.29, 0.717) is 40.7 Å². The number of amides is 2. The van der Waals surface area contributed by atoms with Gasteiger partial charge in [-0.05, 0) is 60.4 Å². The number of aromatic nitrogens is 1. The first-order valence-electron chi connectivity index (χ1n) is 9.91. The largest absolute Gasteiger partial charge is 0.364 e. The van der Waals surface area contributed by atoms with Crippen LogP contribution in [0.4, 0.5) is 4.39 Å². The van der Waals surface area contributed by atoms with Gasteiger partial charge in [0.2, 0.25) is 0 Å². The number of hydrogen-bond donors (Lipinski definition) is 1. The van der Waals surface area contributed by atoms with Gasteiger partial charge >= 0.3 is 0 Å². The molecule has 1 atom stereocenters. The average molecular weight is 449 g/mol. The molecule has 0 aliphatic heterocycles. The van der Waals surface area contributed by atoms with Crippen molar-refractivity contribution < 1.29 is 14.0 Å². The van der Waals surface area contributed by atoms with Crippen molar-refractivity contribution in [3.05, 3.63) is 99.1 Å². The summed E-state index contributed by atoms with van der Waals surface area (Å²) in [5.74, 6) is -1.48. The van der Waals surface area contributed by atoms with Crippen LogP contribution in [-0.2, 0) is 13.0 Å². The van der Waals surface area contributed by atoms with Crippen LogP contribution in [0.5, 0.6) is 0 Å². The zero-order valence-electron chi connectivity index (χ0n) is 16.9. The van der Waals surface area contributed by atoms with Gasteiger partial charge in [-0.25, -0.2) is 4.39 Å². The minimum absolute atomic E-state index is 0.0277. The van der Waals surface area contributed by atoms with Gasteiger partial charge in [0.15, 0.2) is 0 Å². The molecule has 8 heteroatoms. The summed E-state index contributed by atoms with van der Waals surface area (Å²) in [6.07, 6.45) is 2.38. The summed E-state index contributed by atoms with van der Waals surface area (Å²) < 4.78 is 14.5. The van der Waals surface area contributed by atoms with Crippen molar-refractivity contribution >= 4 is 23.4 Å². The molecule has 3 aromatic rings. The molecular weight excluding hydrogens is 431 g/mol. The molecule has 2 amide bonds. The lowest BCUT2D eigenvalue weighted by Gasteiger charge is -2.30. The molecule has 0 saturated heterocycles. The van der Waals surface area contributed by atoms with E-state index >= 15 is 0 Å². The fraction of sp³-hybridized carbons (Fsp3) is 0.167. The maximum atomic E-state index is 14.5. The van der Waals surface area contributed by atoms with Gasteiger partial charge in [-0.3, -0.25) is 14.6 Å². The monoisotopic (exact) mass is 448 g/mol. The van der Waals surface area contributed by atoms with E-state index in [2.05, 4.69) is 4.98 Å². The highest BCUT2D eigenvalue weighted by atomic mass is 35.5. The third-order valence-electron chi connectivity index (χ3n) is 5.56. The Balaban J connectivity index is 1.81. The van der Waals surface area contributed by atoms with Crippen LogP contribution < -0.4 is 5.73 Å². The lowest BCUT2D eigenvalue weighted by Crippen LogP contribution is -2.34. The summed E-state index contributed by atoms with van der Waals surface area (Å²) in [6.45, 7) is 0.0277. The first-order chi connectivity index (χ1) is 15.4. The Morgan fingerprint density at radius 1 is 1.25 bits per heavy atom. The lowest BCUT2D eigenvalue weighted by molar-refractivity contribution is 0.0656. The fourth-order valence-corrected chi connectivity index (χ4v) is 4.34. The predicted octanol–water partition coefficient (Wildman–Crippen LogP) is 4.17. The first kappa shape index (κ1) is 21.5. The molecule has 0 fully saturated rings.